The zero-order valence-corrected chi connectivity index (χ0v) is 10.0. The van der Waals surface area contributed by atoms with Gasteiger partial charge in [-0.3, -0.25) is 9.59 Å². The van der Waals surface area contributed by atoms with Gasteiger partial charge in [0.15, 0.2) is 0 Å². The van der Waals surface area contributed by atoms with Crippen LogP contribution in [-0.2, 0) is 14.3 Å². The standard InChI is InChI=1S/C11H21NO3/c1-5-9(6-2)12-11(14)8(3)7-10(13)15-4/h8-9H,5-7H2,1-4H3,(H,12,14). The van der Waals surface area contributed by atoms with Crippen LogP contribution in [0.25, 0.3) is 0 Å². The smallest absolute Gasteiger partial charge is 0.306 e. The molecule has 0 aliphatic rings. The molecule has 4 nitrogen and oxygen atoms in total. The Morgan fingerprint density at radius 3 is 2.20 bits per heavy atom. The summed E-state index contributed by atoms with van der Waals surface area (Å²) in [5, 5.41) is 2.90. The van der Waals surface area contributed by atoms with Crippen molar-refractivity contribution in [3.63, 3.8) is 0 Å². The summed E-state index contributed by atoms with van der Waals surface area (Å²) in [6.07, 6.45) is 1.96. The van der Waals surface area contributed by atoms with Crippen LogP contribution < -0.4 is 5.32 Å². The van der Waals surface area contributed by atoms with Gasteiger partial charge in [-0.25, -0.2) is 0 Å². The van der Waals surface area contributed by atoms with Gasteiger partial charge in [0, 0.05) is 12.0 Å². The molecule has 88 valence electrons. The van der Waals surface area contributed by atoms with Crippen LogP contribution in [0.2, 0.25) is 0 Å². The first-order chi connectivity index (χ1) is 7.04. The number of ether oxygens (including phenoxy) is 1. The maximum Gasteiger partial charge on any atom is 0.306 e. The first kappa shape index (κ1) is 13.9. The lowest BCUT2D eigenvalue weighted by Gasteiger charge is -2.17. The number of amides is 1. The van der Waals surface area contributed by atoms with Crippen molar-refractivity contribution >= 4 is 11.9 Å². The Morgan fingerprint density at radius 1 is 1.27 bits per heavy atom. The van der Waals surface area contributed by atoms with Gasteiger partial charge in [0.05, 0.1) is 13.5 Å². The van der Waals surface area contributed by atoms with Crippen molar-refractivity contribution < 1.29 is 14.3 Å². The molecule has 1 amide bonds. The van der Waals surface area contributed by atoms with Gasteiger partial charge in [0.25, 0.3) is 0 Å². The van der Waals surface area contributed by atoms with Crippen LogP contribution >= 0.6 is 0 Å². The summed E-state index contributed by atoms with van der Waals surface area (Å²) in [6, 6.07) is 0.206. The third kappa shape index (κ3) is 5.40. The molecule has 0 saturated heterocycles. The van der Waals surface area contributed by atoms with Gasteiger partial charge in [-0.05, 0) is 12.8 Å². The van der Waals surface area contributed by atoms with E-state index in [1.54, 1.807) is 6.92 Å². The predicted octanol–water partition coefficient (Wildman–Crippen LogP) is 1.49. The molecule has 0 rings (SSSR count). The summed E-state index contributed by atoms with van der Waals surface area (Å²) in [5.41, 5.74) is 0. The zero-order chi connectivity index (χ0) is 11.8. The molecule has 1 unspecified atom stereocenters. The highest BCUT2D eigenvalue weighted by molar-refractivity contribution is 5.83. The van der Waals surface area contributed by atoms with Crippen molar-refractivity contribution in [2.45, 2.75) is 46.1 Å². The summed E-state index contributed by atoms with van der Waals surface area (Å²) in [4.78, 5) is 22.6. The number of methoxy groups -OCH3 is 1. The van der Waals surface area contributed by atoms with Crippen LogP contribution in [-0.4, -0.2) is 25.0 Å². The van der Waals surface area contributed by atoms with Gasteiger partial charge in [-0.15, -0.1) is 0 Å². The zero-order valence-electron chi connectivity index (χ0n) is 10.0. The number of nitrogens with one attached hydrogen (secondary N) is 1. The Morgan fingerprint density at radius 2 is 1.80 bits per heavy atom. The van der Waals surface area contributed by atoms with E-state index in [1.807, 2.05) is 13.8 Å². The van der Waals surface area contributed by atoms with E-state index >= 15 is 0 Å². The first-order valence-electron chi connectivity index (χ1n) is 5.42. The SMILES string of the molecule is CCC(CC)NC(=O)C(C)CC(=O)OC. The molecular weight excluding hydrogens is 194 g/mol. The highest BCUT2D eigenvalue weighted by Gasteiger charge is 2.18. The van der Waals surface area contributed by atoms with E-state index in [9.17, 15) is 9.59 Å². The number of carbonyl (C=O) groups is 2. The third-order valence-corrected chi connectivity index (χ3v) is 2.48. The molecule has 0 aliphatic heterocycles. The number of carbonyl (C=O) groups excluding carboxylic acids is 2. The summed E-state index contributed by atoms with van der Waals surface area (Å²) in [6.45, 7) is 5.79. The molecule has 0 aliphatic carbocycles. The molecule has 1 atom stereocenters. The average Bonchev–Trinajstić information content (AvgIpc) is 2.24. The van der Waals surface area contributed by atoms with Crippen molar-refractivity contribution in [1.82, 2.24) is 5.32 Å². The van der Waals surface area contributed by atoms with Crippen LogP contribution in [0.4, 0.5) is 0 Å². The first-order valence-corrected chi connectivity index (χ1v) is 5.42. The van der Waals surface area contributed by atoms with E-state index in [4.69, 9.17) is 0 Å². The topological polar surface area (TPSA) is 55.4 Å². The quantitative estimate of drug-likeness (QED) is 0.683. The summed E-state index contributed by atoms with van der Waals surface area (Å²) in [5.74, 6) is -0.741. The monoisotopic (exact) mass is 215 g/mol. The van der Waals surface area contributed by atoms with E-state index in [0.717, 1.165) is 12.8 Å². The highest BCUT2D eigenvalue weighted by Crippen LogP contribution is 2.05. The average molecular weight is 215 g/mol. The second kappa shape index (κ2) is 7.26. The molecule has 0 saturated carbocycles. The number of rotatable bonds is 6. The van der Waals surface area contributed by atoms with Crippen LogP contribution in [0, 0.1) is 5.92 Å². The van der Waals surface area contributed by atoms with Crippen molar-refractivity contribution in [2.24, 2.45) is 5.92 Å². The number of hydrogen-bond acceptors (Lipinski definition) is 3. The number of esters is 1. The Bertz CT molecular complexity index is 212. The summed E-state index contributed by atoms with van der Waals surface area (Å²) in [7, 11) is 1.33. The van der Waals surface area contributed by atoms with Gasteiger partial charge in [-0.1, -0.05) is 20.8 Å². The summed E-state index contributed by atoms with van der Waals surface area (Å²) < 4.78 is 4.51. The van der Waals surface area contributed by atoms with Gasteiger partial charge in [-0.2, -0.15) is 0 Å². The normalized spacial score (nSPS) is 12.3. The fraction of sp³-hybridized carbons (Fsp3) is 0.818. The molecule has 15 heavy (non-hydrogen) atoms. The Kier molecular flexibility index (Phi) is 6.75. The largest absolute Gasteiger partial charge is 0.469 e. The van der Waals surface area contributed by atoms with Gasteiger partial charge < -0.3 is 10.1 Å². The summed E-state index contributed by atoms with van der Waals surface area (Å²) >= 11 is 0. The van der Waals surface area contributed by atoms with E-state index in [-0.39, 0.29) is 30.3 Å². The lowest BCUT2D eigenvalue weighted by molar-refractivity contribution is -0.144. The third-order valence-electron chi connectivity index (χ3n) is 2.48. The molecular formula is C11H21NO3. The second-order valence-corrected chi connectivity index (χ2v) is 3.70. The highest BCUT2D eigenvalue weighted by atomic mass is 16.5. The minimum Gasteiger partial charge on any atom is -0.469 e. The Hall–Kier alpha value is -1.06. The minimum absolute atomic E-state index is 0.0749. The fourth-order valence-electron chi connectivity index (χ4n) is 1.26. The van der Waals surface area contributed by atoms with Crippen LogP contribution in [0.15, 0.2) is 0 Å². The molecule has 0 aromatic carbocycles. The van der Waals surface area contributed by atoms with Crippen LogP contribution in [0.1, 0.15) is 40.0 Å². The molecule has 0 aromatic heterocycles. The van der Waals surface area contributed by atoms with Gasteiger partial charge >= 0.3 is 5.97 Å². The Balaban J connectivity index is 4.03. The van der Waals surface area contributed by atoms with Crippen LogP contribution in [0.3, 0.4) is 0 Å². The predicted molar refractivity (Wildman–Crippen MR) is 58.3 cm³/mol. The maximum atomic E-state index is 11.6. The molecule has 0 aromatic rings. The molecule has 4 heteroatoms. The Labute approximate surface area is 91.4 Å². The maximum absolute atomic E-state index is 11.6. The van der Waals surface area contributed by atoms with E-state index < -0.39 is 0 Å². The molecule has 0 spiro atoms. The lowest BCUT2D eigenvalue weighted by atomic mass is 10.1. The van der Waals surface area contributed by atoms with Crippen molar-refractivity contribution in [1.29, 1.82) is 0 Å². The van der Waals surface area contributed by atoms with Crippen molar-refractivity contribution in [3.8, 4) is 0 Å². The van der Waals surface area contributed by atoms with Gasteiger partial charge in [0.1, 0.15) is 0 Å². The lowest BCUT2D eigenvalue weighted by Crippen LogP contribution is -2.38. The molecule has 0 bridgehead atoms. The van der Waals surface area contributed by atoms with E-state index in [0.29, 0.717) is 0 Å². The molecule has 0 fully saturated rings. The van der Waals surface area contributed by atoms with E-state index in [1.165, 1.54) is 7.11 Å². The van der Waals surface area contributed by atoms with Crippen molar-refractivity contribution in [3.05, 3.63) is 0 Å². The molecule has 1 N–H and O–H groups in total. The van der Waals surface area contributed by atoms with E-state index in [2.05, 4.69) is 10.1 Å². The fourth-order valence-corrected chi connectivity index (χ4v) is 1.26. The van der Waals surface area contributed by atoms with Crippen LogP contribution in [0.5, 0.6) is 0 Å². The van der Waals surface area contributed by atoms with Crippen molar-refractivity contribution in [2.75, 3.05) is 7.11 Å². The molecule has 0 radical (unpaired) electrons. The van der Waals surface area contributed by atoms with Gasteiger partial charge in [0.2, 0.25) is 5.91 Å². The molecule has 0 heterocycles. The number of hydrogen-bond donors (Lipinski definition) is 1. The minimum atomic E-state index is -0.345. The second-order valence-electron chi connectivity index (χ2n) is 3.70.